The molecule has 1 unspecified atom stereocenters. The predicted octanol–water partition coefficient (Wildman–Crippen LogP) is 2.73. The van der Waals surface area contributed by atoms with Crippen molar-refractivity contribution in [1.82, 2.24) is 0 Å². The largest absolute Gasteiger partial charge is 0.481 e. The molecule has 1 amide bonds. The SMILES string of the molecule is CC(=O)N1CC(CC(=O)O)c2cc(C(C)C)ccc21. The number of carbonyl (C=O) groups excluding carboxylic acids is 1. The third-order valence-corrected chi connectivity index (χ3v) is 3.65. The molecule has 1 aromatic rings. The highest BCUT2D eigenvalue weighted by Gasteiger charge is 2.32. The van der Waals surface area contributed by atoms with Crippen molar-refractivity contribution in [3.8, 4) is 0 Å². The molecule has 1 N–H and O–H groups in total. The van der Waals surface area contributed by atoms with Crippen molar-refractivity contribution in [1.29, 1.82) is 0 Å². The first-order valence-corrected chi connectivity index (χ1v) is 6.54. The molecule has 0 radical (unpaired) electrons. The lowest BCUT2D eigenvalue weighted by Gasteiger charge is -2.15. The van der Waals surface area contributed by atoms with Crippen molar-refractivity contribution in [2.75, 3.05) is 11.4 Å². The quantitative estimate of drug-likeness (QED) is 0.910. The van der Waals surface area contributed by atoms with E-state index in [-0.39, 0.29) is 18.2 Å². The maximum absolute atomic E-state index is 11.6. The smallest absolute Gasteiger partial charge is 0.304 e. The number of rotatable bonds is 3. The van der Waals surface area contributed by atoms with Gasteiger partial charge in [-0.2, -0.15) is 0 Å². The number of anilines is 1. The molecule has 1 atom stereocenters. The van der Waals surface area contributed by atoms with Gasteiger partial charge in [-0.1, -0.05) is 26.0 Å². The fourth-order valence-corrected chi connectivity index (χ4v) is 2.61. The van der Waals surface area contributed by atoms with Crippen LogP contribution in [0.4, 0.5) is 5.69 Å². The fourth-order valence-electron chi connectivity index (χ4n) is 2.61. The van der Waals surface area contributed by atoms with Crippen LogP contribution < -0.4 is 4.90 Å². The summed E-state index contributed by atoms with van der Waals surface area (Å²) in [4.78, 5) is 24.3. The maximum Gasteiger partial charge on any atom is 0.304 e. The number of hydrogen-bond donors (Lipinski definition) is 1. The van der Waals surface area contributed by atoms with Gasteiger partial charge in [-0.05, 0) is 23.1 Å². The van der Waals surface area contributed by atoms with Crippen molar-refractivity contribution in [2.45, 2.75) is 39.0 Å². The lowest BCUT2D eigenvalue weighted by atomic mass is 9.93. The molecule has 1 aliphatic rings. The van der Waals surface area contributed by atoms with Crippen LogP contribution in [0.2, 0.25) is 0 Å². The minimum Gasteiger partial charge on any atom is -0.481 e. The summed E-state index contributed by atoms with van der Waals surface area (Å²) >= 11 is 0. The van der Waals surface area contributed by atoms with E-state index in [9.17, 15) is 9.59 Å². The van der Waals surface area contributed by atoms with E-state index < -0.39 is 5.97 Å². The van der Waals surface area contributed by atoms with Gasteiger partial charge in [0.2, 0.25) is 5.91 Å². The molecule has 1 aliphatic heterocycles. The van der Waals surface area contributed by atoms with Crippen molar-refractivity contribution >= 4 is 17.6 Å². The molecule has 1 aromatic carbocycles. The number of amides is 1. The van der Waals surface area contributed by atoms with Crippen LogP contribution in [0.5, 0.6) is 0 Å². The van der Waals surface area contributed by atoms with Crippen LogP contribution in [0, 0.1) is 0 Å². The van der Waals surface area contributed by atoms with E-state index in [1.165, 1.54) is 12.5 Å². The average Bonchev–Trinajstić information content (AvgIpc) is 2.67. The lowest BCUT2D eigenvalue weighted by molar-refractivity contribution is -0.137. The van der Waals surface area contributed by atoms with Crippen LogP contribution >= 0.6 is 0 Å². The molecule has 0 aliphatic carbocycles. The van der Waals surface area contributed by atoms with Gasteiger partial charge in [0, 0.05) is 25.1 Å². The summed E-state index contributed by atoms with van der Waals surface area (Å²) < 4.78 is 0. The Hall–Kier alpha value is -1.84. The Kier molecular flexibility index (Phi) is 3.60. The van der Waals surface area contributed by atoms with E-state index in [0.717, 1.165) is 11.3 Å². The Balaban J connectivity index is 2.43. The first-order valence-electron chi connectivity index (χ1n) is 6.54. The van der Waals surface area contributed by atoms with Crippen LogP contribution in [0.25, 0.3) is 0 Å². The van der Waals surface area contributed by atoms with E-state index in [1.807, 2.05) is 12.1 Å². The number of carboxylic acid groups (broad SMARTS) is 1. The Morgan fingerprint density at radius 1 is 1.42 bits per heavy atom. The summed E-state index contributed by atoms with van der Waals surface area (Å²) in [6.07, 6.45) is 0.0678. The number of aliphatic carboxylic acids is 1. The summed E-state index contributed by atoms with van der Waals surface area (Å²) in [7, 11) is 0. The molecule has 0 aromatic heterocycles. The van der Waals surface area contributed by atoms with E-state index >= 15 is 0 Å². The standard InChI is InChI=1S/C15H19NO3/c1-9(2)11-4-5-14-13(6-11)12(7-15(18)19)8-16(14)10(3)17/h4-6,9,12H,7-8H2,1-3H3,(H,18,19). The first kappa shape index (κ1) is 13.6. The Morgan fingerprint density at radius 3 is 2.63 bits per heavy atom. The van der Waals surface area contributed by atoms with Crippen LogP contribution in [-0.2, 0) is 9.59 Å². The molecule has 2 rings (SSSR count). The van der Waals surface area contributed by atoms with Gasteiger partial charge in [-0.3, -0.25) is 9.59 Å². The van der Waals surface area contributed by atoms with E-state index in [1.54, 1.807) is 4.90 Å². The second-order valence-corrected chi connectivity index (χ2v) is 5.40. The Bertz CT molecular complexity index is 522. The number of nitrogens with zero attached hydrogens (tertiary/aromatic N) is 1. The van der Waals surface area contributed by atoms with Gasteiger partial charge in [-0.25, -0.2) is 0 Å². The van der Waals surface area contributed by atoms with Gasteiger partial charge in [0.25, 0.3) is 0 Å². The van der Waals surface area contributed by atoms with Crippen molar-refractivity contribution in [2.24, 2.45) is 0 Å². The van der Waals surface area contributed by atoms with Crippen LogP contribution in [0.1, 0.15) is 50.2 Å². The van der Waals surface area contributed by atoms with Gasteiger partial charge in [-0.15, -0.1) is 0 Å². The minimum atomic E-state index is -0.823. The van der Waals surface area contributed by atoms with Gasteiger partial charge < -0.3 is 10.0 Å². The highest BCUT2D eigenvalue weighted by molar-refractivity contribution is 5.94. The maximum atomic E-state index is 11.6. The zero-order valence-electron chi connectivity index (χ0n) is 11.5. The summed E-state index contributed by atoms with van der Waals surface area (Å²) in [6.45, 7) is 6.19. The third-order valence-electron chi connectivity index (χ3n) is 3.65. The van der Waals surface area contributed by atoms with E-state index in [4.69, 9.17) is 5.11 Å². The molecular weight excluding hydrogens is 242 g/mol. The van der Waals surface area contributed by atoms with Crippen molar-refractivity contribution in [3.05, 3.63) is 29.3 Å². The minimum absolute atomic E-state index is 0.0357. The second kappa shape index (κ2) is 5.03. The number of carbonyl (C=O) groups is 2. The molecule has 0 saturated carbocycles. The highest BCUT2D eigenvalue weighted by atomic mass is 16.4. The van der Waals surface area contributed by atoms with Gasteiger partial charge >= 0.3 is 5.97 Å². The predicted molar refractivity (Wildman–Crippen MR) is 73.6 cm³/mol. The molecule has 0 bridgehead atoms. The molecule has 4 heteroatoms. The summed E-state index contributed by atoms with van der Waals surface area (Å²) in [6, 6.07) is 6.01. The van der Waals surface area contributed by atoms with Crippen molar-refractivity contribution < 1.29 is 14.7 Å². The zero-order chi connectivity index (χ0) is 14.2. The lowest BCUT2D eigenvalue weighted by Crippen LogP contribution is -2.27. The number of carboxylic acids is 1. The molecular formula is C15H19NO3. The van der Waals surface area contributed by atoms with E-state index in [2.05, 4.69) is 19.9 Å². The van der Waals surface area contributed by atoms with Gasteiger partial charge in [0.05, 0.1) is 6.42 Å². The Morgan fingerprint density at radius 2 is 2.11 bits per heavy atom. The monoisotopic (exact) mass is 261 g/mol. The van der Waals surface area contributed by atoms with Crippen LogP contribution in [-0.4, -0.2) is 23.5 Å². The zero-order valence-corrected chi connectivity index (χ0v) is 11.5. The topological polar surface area (TPSA) is 57.6 Å². The molecule has 0 fully saturated rings. The van der Waals surface area contributed by atoms with Crippen LogP contribution in [0.15, 0.2) is 18.2 Å². The van der Waals surface area contributed by atoms with Gasteiger partial charge in [0.1, 0.15) is 0 Å². The molecule has 4 nitrogen and oxygen atoms in total. The summed E-state index contributed by atoms with van der Waals surface area (Å²) in [5.41, 5.74) is 3.03. The number of hydrogen-bond acceptors (Lipinski definition) is 2. The molecule has 0 saturated heterocycles. The molecule has 1 heterocycles. The van der Waals surface area contributed by atoms with E-state index in [0.29, 0.717) is 12.5 Å². The number of fused-ring (bicyclic) bond motifs is 1. The number of benzene rings is 1. The molecule has 0 spiro atoms. The summed E-state index contributed by atoms with van der Waals surface area (Å²) in [5, 5.41) is 9.00. The van der Waals surface area contributed by atoms with Crippen LogP contribution in [0.3, 0.4) is 0 Å². The second-order valence-electron chi connectivity index (χ2n) is 5.40. The average molecular weight is 261 g/mol. The molecule has 102 valence electrons. The Labute approximate surface area is 113 Å². The molecule has 19 heavy (non-hydrogen) atoms. The normalized spacial score (nSPS) is 17.7. The van der Waals surface area contributed by atoms with Gasteiger partial charge in [0.15, 0.2) is 0 Å². The highest BCUT2D eigenvalue weighted by Crippen LogP contribution is 2.39. The fraction of sp³-hybridized carbons (Fsp3) is 0.467. The first-order chi connectivity index (χ1) is 8.90. The summed E-state index contributed by atoms with van der Waals surface area (Å²) in [5.74, 6) is -0.569. The van der Waals surface area contributed by atoms with Crippen molar-refractivity contribution in [3.63, 3.8) is 0 Å². The third kappa shape index (κ3) is 2.62.